The Morgan fingerprint density at radius 1 is 1.24 bits per heavy atom. The summed E-state index contributed by atoms with van der Waals surface area (Å²) in [7, 11) is 1.68. The number of benzene rings is 1. The van der Waals surface area contributed by atoms with Crippen LogP contribution in [0.1, 0.15) is 18.5 Å². The highest BCUT2D eigenvalue weighted by Gasteiger charge is 2.29. The lowest BCUT2D eigenvalue weighted by atomic mass is 10.1. The molecule has 1 aromatic rings. The van der Waals surface area contributed by atoms with Gasteiger partial charge in [-0.05, 0) is 24.6 Å². The smallest absolute Gasteiger partial charge is 0.324 e. The third-order valence-electron chi connectivity index (χ3n) is 5.05. The van der Waals surface area contributed by atoms with Crippen molar-refractivity contribution >= 4 is 11.9 Å². The number of rotatable bonds is 5. The first-order valence-electron chi connectivity index (χ1n) is 8.77. The lowest BCUT2D eigenvalue weighted by molar-refractivity contribution is -0.129. The number of imide groups is 1. The van der Waals surface area contributed by atoms with Crippen molar-refractivity contribution in [2.24, 2.45) is 0 Å². The fourth-order valence-electron chi connectivity index (χ4n) is 3.41. The summed E-state index contributed by atoms with van der Waals surface area (Å²) < 4.78 is 5.31. The minimum atomic E-state index is -0.268. The number of nitrogens with one attached hydrogen (secondary N) is 1. The number of piperazine rings is 1. The molecular weight excluding hydrogens is 320 g/mol. The highest BCUT2D eigenvalue weighted by molar-refractivity contribution is 5.96. The van der Waals surface area contributed by atoms with Crippen molar-refractivity contribution in [3.8, 4) is 5.75 Å². The molecule has 2 fully saturated rings. The van der Waals surface area contributed by atoms with E-state index in [9.17, 15) is 9.59 Å². The Morgan fingerprint density at radius 2 is 2.00 bits per heavy atom. The van der Waals surface area contributed by atoms with E-state index >= 15 is 0 Å². The zero-order valence-electron chi connectivity index (χ0n) is 14.9. The van der Waals surface area contributed by atoms with Gasteiger partial charge in [-0.25, -0.2) is 4.79 Å². The average molecular weight is 346 g/mol. The van der Waals surface area contributed by atoms with Gasteiger partial charge in [-0.2, -0.15) is 0 Å². The number of methoxy groups -OCH3 is 1. The molecule has 7 nitrogen and oxygen atoms in total. The number of urea groups is 1. The van der Waals surface area contributed by atoms with Gasteiger partial charge in [0.05, 0.1) is 13.7 Å². The summed E-state index contributed by atoms with van der Waals surface area (Å²) in [6.07, 6.45) is 0. The lowest BCUT2D eigenvalue weighted by Gasteiger charge is -2.38. The van der Waals surface area contributed by atoms with Gasteiger partial charge < -0.3 is 10.1 Å². The first-order valence-corrected chi connectivity index (χ1v) is 8.77. The highest BCUT2D eigenvalue weighted by Crippen LogP contribution is 2.24. The molecule has 0 aromatic heterocycles. The van der Waals surface area contributed by atoms with Crippen molar-refractivity contribution < 1.29 is 14.3 Å². The molecule has 136 valence electrons. The number of hydrogen-bond acceptors (Lipinski definition) is 5. The van der Waals surface area contributed by atoms with Crippen LogP contribution in [-0.4, -0.2) is 79.6 Å². The molecule has 2 heterocycles. The first-order chi connectivity index (χ1) is 12.1. The van der Waals surface area contributed by atoms with Gasteiger partial charge in [0.1, 0.15) is 5.75 Å². The molecule has 1 atom stereocenters. The van der Waals surface area contributed by atoms with Crippen LogP contribution in [-0.2, 0) is 4.79 Å². The summed E-state index contributed by atoms with van der Waals surface area (Å²) in [4.78, 5) is 29.6. The summed E-state index contributed by atoms with van der Waals surface area (Å²) in [5, 5.41) is 2.67. The van der Waals surface area contributed by atoms with Crippen LogP contribution in [0.2, 0.25) is 0 Å². The van der Waals surface area contributed by atoms with E-state index < -0.39 is 0 Å². The number of carbonyl (C=O) groups excluding carboxylic acids is 2. The van der Waals surface area contributed by atoms with Crippen LogP contribution in [0, 0.1) is 0 Å². The van der Waals surface area contributed by atoms with Crippen molar-refractivity contribution in [1.29, 1.82) is 0 Å². The van der Waals surface area contributed by atoms with Crippen molar-refractivity contribution in [3.63, 3.8) is 0 Å². The first kappa shape index (κ1) is 17.7. The quantitative estimate of drug-likeness (QED) is 0.859. The van der Waals surface area contributed by atoms with Gasteiger partial charge in [0.2, 0.25) is 5.91 Å². The Labute approximate surface area is 148 Å². The summed E-state index contributed by atoms with van der Waals surface area (Å²) in [5.74, 6) is 0.766. The predicted octanol–water partition coefficient (Wildman–Crippen LogP) is 0.926. The zero-order valence-corrected chi connectivity index (χ0v) is 14.9. The molecule has 2 aliphatic heterocycles. The van der Waals surface area contributed by atoms with E-state index in [1.54, 1.807) is 7.11 Å². The van der Waals surface area contributed by atoms with E-state index in [2.05, 4.69) is 34.2 Å². The van der Waals surface area contributed by atoms with Crippen LogP contribution in [0.25, 0.3) is 0 Å². The minimum Gasteiger partial charge on any atom is -0.497 e. The van der Waals surface area contributed by atoms with Gasteiger partial charge in [0, 0.05) is 45.3 Å². The predicted molar refractivity (Wildman–Crippen MR) is 94.5 cm³/mol. The van der Waals surface area contributed by atoms with E-state index in [1.165, 1.54) is 10.5 Å². The van der Waals surface area contributed by atoms with Crippen LogP contribution in [0.3, 0.4) is 0 Å². The number of amides is 3. The molecule has 0 saturated carbocycles. The molecule has 7 heteroatoms. The Morgan fingerprint density at radius 3 is 2.64 bits per heavy atom. The van der Waals surface area contributed by atoms with Gasteiger partial charge in [0.25, 0.3) is 0 Å². The molecule has 25 heavy (non-hydrogen) atoms. The van der Waals surface area contributed by atoms with Crippen LogP contribution < -0.4 is 10.1 Å². The normalized spacial score (nSPS) is 20.4. The molecule has 0 radical (unpaired) electrons. The SMILES string of the molecule is COc1cccc(C(C)N2CCN(CC(=O)N3CCNC3=O)CC2)c1. The second-order valence-corrected chi connectivity index (χ2v) is 6.54. The third-order valence-corrected chi connectivity index (χ3v) is 5.05. The Bertz CT molecular complexity index is 629. The number of ether oxygens (including phenoxy) is 1. The summed E-state index contributed by atoms with van der Waals surface area (Å²) in [6.45, 7) is 7.00. The molecule has 2 aliphatic rings. The molecule has 0 spiro atoms. The fourth-order valence-corrected chi connectivity index (χ4v) is 3.41. The Kier molecular flexibility index (Phi) is 5.55. The molecule has 0 bridgehead atoms. The molecule has 3 amide bonds. The Hall–Kier alpha value is -2.12. The summed E-state index contributed by atoms with van der Waals surface area (Å²) in [5.41, 5.74) is 1.23. The third kappa shape index (κ3) is 4.11. The van der Waals surface area contributed by atoms with Crippen LogP contribution in [0.5, 0.6) is 5.75 Å². The topological polar surface area (TPSA) is 65.1 Å². The van der Waals surface area contributed by atoms with E-state index in [0.717, 1.165) is 31.9 Å². The van der Waals surface area contributed by atoms with Gasteiger partial charge >= 0.3 is 6.03 Å². The van der Waals surface area contributed by atoms with Gasteiger partial charge in [-0.1, -0.05) is 12.1 Å². The van der Waals surface area contributed by atoms with Gasteiger partial charge in [-0.15, -0.1) is 0 Å². The Balaban J connectivity index is 1.51. The van der Waals surface area contributed by atoms with Crippen LogP contribution >= 0.6 is 0 Å². The van der Waals surface area contributed by atoms with Crippen molar-refractivity contribution in [1.82, 2.24) is 20.0 Å². The summed E-state index contributed by atoms with van der Waals surface area (Å²) >= 11 is 0. The second-order valence-electron chi connectivity index (χ2n) is 6.54. The monoisotopic (exact) mass is 346 g/mol. The van der Waals surface area contributed by atoms with E-state index in [0.29, 0.717) is 25.7 Å². The molecule has 1 N–H and O–H groups in total. The molecular formula is C18H26N4O3. The van der Waals surface area contributed by atoms with Crippen molar-refractivity contribution in [3.05, 3.63) is 29.8 Å². The van der Waals surface area contributed by atoms with E-state index in [-0.39, 0.29) is 11.9 Å². The maximum Gasteiger partial charge on any atom is 0.324 e. The zero-order chi connectivity index (χ0) is 17.8. The molecule has 2 saturated heterocycles. The number of carbonyl (C=O) groups is 2. The van der Waals surface area contributed by atoms with E-state index in [1.807, 2.05) is 12.1 Å². The van der Waals surface area contributed by atoms with Crippen molar-refractivity contribution in [2.75, 3.05) is 52.9 Å². The van der Waals surface area contributed by atoms with E-state index in [4.69, 9.17) is 4.74 Å². The summed E-state index contributed by atoms with van der Waals surface area (Å²) in [6, 6.07) is 8.20. The maximum atomic E-state index is 12.2. The van der Waals surface area contributed by atoms with Crippen molar-refractivity contribution in [2.45, 2.75) is 13.0 Å². The minimum absolute atomic E-state index is 0.107. The number of hydrogen-bond donors (Lipinski definition) is 1. The molecule has 1 unspecified atom stereocenters. The molecule has 0 aliphatic carbocycles. The average Bonchev–Trinajstić information content (AvgIpc) is 3.08. The second kappa shape index (κ2) is 7.84. The van der Waals surface area contributed by atoms with Gasteiger partial charge in [-0.3, -0.25) is 19.5 Å². The maximum absolute atomic E-state index is 12.2. The largest absolute Gasteiger partial charge is 0.497 e. The van der Waals surface area contributed by atoms with Crippen LogP contribution in [0.15, 0.2) is 24.3 Å². The van der Waals surface area contributed by atoms with Gasteiger partial charge in [0.15, 0.2) is 0 Å². The number of nitrogens with zero attached hydrogens (tertiary/aromatic N) is 3. The molecule has 1 aromatic carbocycles. The van der Waals surface area contributed by atoms with Crippen LogP contribution in [0.4, 0.5) is 4.79 Å². The standard InChI is InChI=1S/C18H26N4O3/c1-14(15-4-3-5-16(12-15)25-2)21-10-8-20(9-11-21)13-17(23)22-7-6-19-18(22)24/h3-5,12,14H,6-11,13H2,1-2H3,(H,19,24). The highest BCUT2D eigenvalue weighted by atomic mass is 16.5. The fraction of sp³-hybridized carbons (Fsp3) is 0.556. The lowest BCUT2D eigenvalue weighted by Crippen LogP contribution is -2.50. The molecule has 3 rings (SSSR count).